The first-order valence-electron chi connectivity index (χ1n) is 12.0. The van der Waals surface area contributed by atoms with Crippen molar-refractivity contribution < 1.29 is 4.79 Å². The number of anilines is 1. The zero-order valence-electron chi connectivity index (χ0n) is 19.6. The van der Waals surface area contributed by atoms with Crippen molar-refractivity contribution in [1.82, 2.24) is 25.5 Å². The molecule has 1 unspecified atom stereocenters. The summed E-state index contributed by atoms with van der Waals surface area (Å²) in [6.45, 7) is 4.70. The predicted molar refractivity (Wildman–Crippen MR) is 133 cm³/mol. The van der Waals surface area contributed by atoms with Crippen LogP contribution in [-0.2, 0) is 16.9 Å². The monoisotopic (exact) mass is 446 g/mol. The minimum atomic E-state index is -1.01. The SMILES string of the molecule is CNCCN(C)C(=O)C1(c2cc3cc(CN4CCCCC4)ccc3[nH]2)NNc2ccccc21. The van der Waals surface area contributed by atoms with E-state index >= 15 is 0 Å². The number of fused-ring (bicyclic) bond motifs is 2. The molecular formula is C26H34N6O. The molecule has 1 amide bonds. The van der Waals surface area contributed by atoms with Gasteiger partial charge in [-0.15, -0.1) is 0 Å². The lowest BCUT2D eigenvalue weighted by molar-refractivity contribution is -0.135. The van der Waals surface area contributed by atoms with Gasteiger partial charge in [-0.05, 0) is 62.8 Å². The number of benzene rings is 2. The van der Waals surface area contributed by atoms with Gasteiger partial charge in [0, 0.05) is 43.1 Å². The summed E-state index contributed by atoms with van der Waals surface area (Å²) in [6, 6.07) is 16.8. The summed E-state index contributed by atoms with van der Waals surface area (Å²) >= 11 is 0. The van der Waals surface area contributed by atoms with Crippen LogP contribution in [0.15, 0.2) is 48.5 Å². The van der Waals surface area contributed by atoms with Crippen molar-refractivity contribution in [3.63, 3.8) is 0 Å². The summed E-state index contributed by atoms with van der Waals surface area (Å²) in [4.78, 5) is 21.8. The molecule has 33 heavy (non-hydrogen) atoms. The molecule has 0 bridgehead atoms. The van der Waals surface area contributed by atoms with Crippen LogP contribution in [0.4, 0.5) is 5.69 Å². The minimum absolute atomic E-state index is 0.00953. The number of carbonyl (C=O) groups is 1. The summed E-state index contributed by atoms with van der Waals surface area (Å²) in [5.74, 6) is 0.00953. The maximum absolute atomic E-state index is 13.9. The second-order valence-electron chi connectivity index (χ2n) is 9.32. The third-order valence-corrected chi connectivity index (χ3v) is 7.02. The number of piperidine rings is 1. The number of aromatic amines is 1. The zero-order chi connectivity index (χ0) is 22.8. The van der Waals surface area contributed by atoms with E-state index in [1.165, 1.54) is 37.9 Å². The Morgan fingerprint density at radius 3 is 2.76 bits per heavy atom. The van der Waals surface area contributed by atoms with E-state index in [-0.39, 0.29) is 5.91 Å². The van der Waals surface area contributed by atoms with Crippen LogP contribution in [0.5, 0.6) is 0 Å². The van der Waals surface area contributed by atoms with Crippen molar-refractivity contribution in [3.8, 4) is 0 Å². The number of nitrogens with one attached hydrogen (secondary N) is 4. The third-order valence-electron chi connectivity index (χ3n) is 7.02. The van der Waals surface area contributed by atoms with Crippen LogP contribution in [0.1, 0.15) is 36.1 Å². The molecule has 5 rings (SSSR count). The number of H-pyrrole nitrogens is 1. The van der Waals surface area contributed by atoms with E-state index in [1.807, 2.05) is 38.4 Å². The van der Waals surface area contributed by atoms with Gasteiger partial charge in [-0.1, -0.05) is 30.7 Å². The second-order valence-corrected chi connectivity index (χ2v) is 9.32. The molecule has 1 atom stereocenters. The number of rotatable bonds is 7. The lowest BCUT2D eigenvalue weighted by Crippen LogP contribution is -2.54. The molecule has 1 saturated heterocycles. The van der Waals surface area contributed by atoms with E-state index in [0.29, 0.717) is 6.54 Å². The standard InChI is InChI=1S/C26H34N6O/c1-27-12-15-31(2)25(33)26(21-8-4-5-9-23(21)29-30-26)24-17-20-16-19(10-11-22(20)28-24)18-32-13-6-3-7-14-32/h4-5,8-11,16-17,27-30H,3,6-7,12-15,18H2,1-2H3. The molecular weight excluding hydrogens is 412 g/mol. The van der Waals surface area contributed by atoms with Crippen LogP contribution in [0.2, 0.25) is 0 Å². The van der Waals surface area contributed by atoms with Gasteiger partial charge in [-0.3, -0.25) is 9.69 Å². The van der Waals surface area contributed by atoms with Gasteiger partial charge in [0.2, 0.25) is 0 Å². The smallest absolute Gasteiger partial charge is 0.255 e. The van der Waals surface area contributed by atoms with Crippen molar-refractivity contribution in [2.45, 2.75) is 31.3 Å². The summed E-state index contributed by atoms with van der Waals surface area (Å²) in [7, 11) is 3.77. The molecule has 0 radical (unpaired) electrons. The molecule has 3 aromatic rings. The number of likely N-dealkylation sites (N-methyl/N-ethyl adjacent to an activating group) is 2. The van der Waals surface area contributed by atoms with E-state index in [4.69, 9.17) is 0 Å². The summed E-state index contributed by atoms with van der Waals surface area (Å²) in [5.41, 5.74) is 10.7. The van der Waals surface area contributed by atoms with Crippen molar-refractivity contribution in [2.24, 2.45) is 0 Å². The first kappa shape index (κ1) is 21.9. The average Bonchev–Trinajstić information content (AvgIpc) is 3.45. The minimum Gasteiger partial charge on any atom is -0.356 e. The van der Waals surface area contributed by atoms with Gasteiger partial charge in [0.05, 0.1) is 11.4 Å². The van der Waals surface area contributed by atoms with Crippen molar-refractivity contribution >= 4 is 22.5 Å². The lowest BCUT2D eigenvalue weighted by Gasteiger charge is -2.32. The maximum atomic E-state index is 13.9. The Balaban J connectivity index is 1.52. The number of para-hydroxylation sites is 1. The second kappa shape index (κ2) is 9.17. The Labute approximate surface area is 195 Å². The van der Waals surface area contributed by atoms with Crippen LogP contribution < -0.4 is 16.2 Å². The van der Waals surface area contributed by atoms with Gasteiger partial charge in [-0.25, -0.2) is 5.43 Å². The fourth-order valence-corrected chi connectivity index (χ4v) is 5.17. The highest BCUT2D eigenvalue weighted by Crippen LogP contribution is 2.40. The number of hydrogen-bond acceptors (Lipinski definition) is 5. The Hall–Kier alpha value is -2.87. The van der Waals surface area contributed by atoms with Crippen molar-refractivity contribution in [1.29, 1.82) is 0 Å². The molecule has 4 N–H and O–H groups in total. The fraction of sp³-hybridized carbons (Fsp3) is 0.423. The van der Waals surface area contributed by atoms with Crippen molar-refractivity contribution in [3.05, 3.63) is 65.4 Å². The molecule has 1 aromatic heterocycles. The van der Waals surface area contributed by atoms with Crippen LogP contribution in [0.25, 0.3) is 10.9 Å². The molecule has 1 fully saturated rings. The molecule has 7 heteroatoms. The highest BCUT2D eigenvalue weighted by atomic mass is 16.2. The molecule has 2 aliphatic heterocycles. The summed E-state index contributed by atoms with van der Waals surface area (Å²) in [6.07, 6.45) is 3.93. The molecule has 0 aliphatic carbocycles. The van der Waals surface area contributed by atoms with E-state index in [1.54, 1.807) is 4.90 Å². The molecule has 2 aromatic carbocycles. The Morgan fingerprint density at radius 1 is 1.12 bits per heavy atom. The number of likely N-dealkylation sites (tertiary alicyclic amines) is 1. The fourth-order valence-electron chi connectivity index (χ4n) is 5.17. The molecule has 7 nitrogen and oxygen atoms in total. The zero-order valence-corrected chi connectivity index (χ0v) is 19.6. The highest BCUT2D eigenvalue weighted by Gasteiger charge is 2.49. The van der Waals surface area contributed by atoms with Gasteiger partial charge in [0.25, 0.3) is 5.91 Å². The Kier molecular flexibility index (Phi) is 6.10. The number of aromatic nitrogens is 1. The Bertz CT molecular complexity index is 1130. The molecule has 0 spiro atoms. The number of amides is 1. The molecule has 3 heterocycles. The van der Waals surface area contributed by atoms with Crippen LogP contribution in [0.3, 0.4) is 0 Å². The maximum Gasteiger partial charge on any atom is 0.255 e. The molecule has 174 valence electrons. The number of hydrogen-bond donors (Lipinski definition) is 4. The number of hydrazine groups is 1. The average molecular weight is 447 g/mol. The van der Waals surface area contributed by atoms with Gasteiger partial charge >= 0.3 is 0 Å². The van der Waals surface area contributed by atoms with E-state index in [9.17, 15) is 4.79 Å². The van der Waals surface area contributed by atoms with Crippen molar-refractivity contribution in [2.75, 3.05) is 45.7 Å². The largest absolute Gasteiger partial charge is 0.356 e. The van der Waals surface area contributed by atoms with Crippen LogP contribution in [0, 0.1) is 0 Å². The normalized spacial score (nSPS) is 20.5. The van der Waals surface area contributed by atoms with Gasteiger partial charge in [-0.2, -0.15) is 0 Å². The highest BCUT2D eigenvalue weighted by molar-refractivity contribution is 5.96. The summed E-state index contributed by atoms with van der Waals surface area (Å²) < 4.78 is 0. The number of nitrogens with zero attached hydrogens (tertiary/aromatic N) is 2. The van der Waals surface area contributed by atoms with Gasteiger partial charge in [0.1, 0.15) is 0 Å². The lowest BCUT2D eigenvalue weighted by atomic mass is 9.86. The first-order chi connectivity index (χ1) is 16.1. The van der Waals surface area contributed by atoms with E-state index in [2.05, 4.69) is 50.3 Å². The van der Waals surface area contributed by atoms with E-state index < -0.39 is 5.54 Å². The molecule has 0 saturated carbocycles. The van der Waals surface area contributed by atoms with Gasteiger partial charge in [0.15, 0.2) is 5.54 Å². The van der Waals surface area contributed by atoms with Crippen LogP contribution in [-0.4, -0.2) is 61.0 Å². The van der Waals surface area contributed by atoms with Gasteiger partial charge < -0.3 is 20.6 Å². The van der Waals surface area contributed by atoms with E-state index in [0.717, 1.165) is 40.9 Å². The topological polar surface area (TPSA) is 75.4 Å². The summed E-state index contributed by atoms with van der Waals surface area (Å²) in [5, 5.41) is 4.27. The number of carbonyl (C=O) groups excluding carboxylic acids is 1. The van der Waals surface area contributed by atoms with Crippen LogP contribution >= 0.6 is 0 Å². The third kappa shape index (κ3) is 4.01. The Morgan fingerprint density at radius 2 is 1.94 bits per heavy atom. The molecule has 2 aliphatic rings. The first-order valence-corrected chi connectivity index (χ1v) is 12.0. The quantitative estimate of drug-likeness (QED) is 0.449. The predicted octanol–water partition coefficient (Wildman–Crippen LogP) is 3.01.